The summed E-state index contributed by atoms with van der Waals surface area (Å²) in [5.74, 6) is -2.07. The molecule has 0 heterocycles. The number of nitrogens with two attached hydrogens (primary N) is 1. The smallest absolute Gasteiger partial charge is 0.327 e. The topological polar surface area (TPSA) is 142 Å². The lowest BCUT2D eigenvalue weighted by Crippen LogP contribution is -2.58. The van der Waals surface area contributed by atoms with Crippen molar-refractivity contribution in [2.24, 2.45) is 5.73 Å². The molecule has 0 rings (SSSR count). The van der Waals surface area contributed by atoms with E-state index in [1.807, 2.05) is 6.26 Å². The molecule has 0 bridgehead atoms. The van der Waals surface area contributed by atoms with Gasteiger partial charge in [0.15, 0.2) is 0 Å². The van der Waals surface area contributed by atoms with E-state index >= 15 is 0 Å². The molecule has 2 amide bonds. The van der Waals surface area contributed by atoms with Gasteiger partial charge >= 0.3 is 5.97 Å². The minimum absolute atomic E-state index is 0.116. The molecular weight excluding hydrogens is 330 g/mol. The molecule has 0 aliphatic carbocycles. The minimum Gasteiger partial charge on any atom is -0.480 e. The summed E-state index contributed by atoms with van der Waals surface area (Å²) in [6.07, 6.45) is 1.10. The second kappa shape index (κ2) is 10.7. The maximum absolute atomic E-state index is 12.0. The van der Waals surface area contributed by atoms with Crippen molar-refractivity contribution in [1.82, 2.24) is 10.6 Å². The van der Waals surface area contributed by atoms with Gasteiger partial charge in [-0.3, -0.25) is 9.59 Å². The van der Waals surface area contributed by atoms with Gasteiger partial charge in [0, 0.05) is 5.75 Å². The fourth-order valence-corrected chi connectivity index (χ4v) is 2.23. The van der Waals surface area contributed by atoms with Crippen molar-refractivity contribution in [3.8, 4) is 0 Å². The molecule has 0 aromatic carbocycles. The molecule has 10 heteroatoms. The highest BCUT2D eigenvalue weighted by molar-refractivity contribution is 7.98. The lowest BCUT2D eigenvalue weighted by atomic mass is 10.1. The van der Waals surface area contributed by atoms with Crippen LogP contribution in [0.2, 0.25) is 0 Å². The Balaban J connectivity index is 4.75. The van der Waals surface area contributed by atoms with Crippen LogP contribution in [-0.4, -0.2) is 70.0 Å². The number of amides is 2. The number of rotatable bonds is 10. The molecule has 0 aromatic rings. The SMILES string of the molecule is CSCC[C@H](N)C(=O)N[C@H](C(=O)N[C@@H](CS)C(=O)O)[C@@H](C)O. The molecule has 0 aromatic heterocycles. The van der Waals surface area contributed by atoms with Gasteiger partial charge in [0.25, 0.3) is 0 Å². The molecule has 6 N–H and O–H groups in total. The Morgan fingerprint density at radius 1 is 1.27 bits per heavy atom. The highest BCUT2D eigenvalue weighted by Crippen LogP contribution is 2.01. The Bertz CT molecular complexity index is 395. The summed E-state index contributed by atoms with van der Waals surface area (Å²) in [6, 6.07) is -3.30. The maximum atomic E-state index is 12.0. The van der Waals surface area contributed by atoms with Gasteiger partial charge in [-0.05, 0) is 25.4 Å². The number of hydrogen-bond donors (Lipinski definition) is 6. The Labute approximate surface area is 139 Å². The Morgan fingerprint density at radius 2 is 1.86 bits per heavy atom. The van der Waals surface area contributed by atoms with Crippen molar-refractivity contribution >= 4 is 42.2 Å². The summed E-state index contributed by atoms with van der Waals surface area (Å²) >= 11 is 5.35. The Kier molecular flexibility index (Phi) is 10.2. The van der Waals surface area contributed by atoms with E-state index in [1.165, 1.54) is 18.7 Å². The Morgan fingerprint density at radius 3 is 2.27 bits per heavy atom. The fraction of sp³-hybridized carbons (Fsp3) is 0.750. The van der Waals surface area contributed by atoms with Crippen molar-refractivity contribution in [3.05, 3.63) is 0 Å². The first-order chi connectivity index (χ1) is 10.2. The maximum Gasteiger partial charge on any atom is 0.327 e. The zero-order valence-electron chi connectivity index (χ0n) is 12.5. The number of aliphatic hydroxyl groups is 1. The van der Waals surface area contributed by atoms with E-state index in [0.717, 1.165) is 0 Å². The number of thiol groups is 1. The molecule has 4 atom stereocenters. The normalized spacial score (nSPS) is 16.2. The van der Waals surface area contributed by atoms with Crippen LogP contribution in [0.1, 0.15) is 13.3 Å². The number of nitrogens with one attached hydrogen (secondary N) is 2. The fourth-order valence-electron chi connectivity index (χ4n) is 1.49. The monoisotopic (exact) mass is 353 g/mol. The summed E-state index contributed by atoms with van der Waals surface area (Å²) in [5, 5.41) is 23.0. The van der Waals surface area contributed by atoms with Crippen LogP contribution < -0.4 is 16.4 Å². The summed E-state index contributed by atoms with van der Waals surface area (Å²) in [6.45, 7) is 1.31. The third kappa shape index (κ3) is 7.34. The summed E-state index contributed by atoms with van der Waals surface area (Å²) in [5.41, 5.74) is 5.68. The molecule has 0 spiro atoms. The quantitative estimate of drug-likeness (QED) is 0.261. The molecular formula is C12H23N3O5S2. The molecule has 128 valence electrons. The van der Waals surface area contributed by atoms with Gasteiger partial charge in [0.2, 0.25) is 11.8 Å². The third-order valence-electron chi connectivity index (χ3n) is 2.83. The van der Waals surface area contributed by atoms with Gasteiger partial charge in [-0.15, -0.1) is 0 Å². The number of carbonyl (C=O) groups excluding carboxylic acids is 2. The average Bonchev–Trinajstić information content (AvgIpc) is 2.46. The molecule has 0 unspecified atom stereocenters. The molecule has 0 aliphatic heterocycles. The first-order valence-electron chi connectivity index (χ1n) is 6.61. The molecule has 0 saturated carbocycles. The van der Waals surface area contributed by atoms with Crippen LogP contribution >= 0.6 is 24.4 Å². The van der Waals surface area contributed by atoms with Crippen molar-refractivity contribution in [3.63, 3.8) is 0 Å². The number of aliphatic carboxylic acids is 1. The first-order valence-corrected chi connectivity index (χ1v) is 8.64. The number of carboxylic acids is 1. The van der Waals surface area contributed by atoms with Crippen molar-refractivity contribution < 1.29 is 24.6 Å². The van der Waals surface area contributed by atoms with Crippen LogP contribution in [0.5, 0.6) is 0 Å². The van der Waals surface area contributed by atoms with E-state index in [1.54, 1.807) is 0 Å². The summed E-state index contributed by atoms with van der Waals surface area (Å²) < 4.78 is 0. The van der Waals surface area contributed by atoms with Crippen LogP contribution in [0.4, 0.5) is 0 Å². The van der Waals surface area contributed by atoms with Gasteiger partial charge < -0.3 is 26.6 Å². The lowest BCUT2D eigenvalue weighted by molar-refractivity contribution is -0.142. The molecule has 8 nitrogen and oxygen atoms in total. The number of hydrogen-bond acceptors (Lipinski definition) is 7. The largest absolute Gasteiger partial charge is 0.480 e. The minimum atomic E-state index is -1.28. The van der Waals surface area contributed by atoms with Crippen LogP contribution in [0, 0.1) is 0 Å². The number of carboxylic acid groups (broad SMARTS) is 1. The molecule has 0 radical (unpaired) electrons. The van der Waals surface area contributed by atoms with E-state index in [4.69, 9.17) is 10.8 Å². The standard InChI is InChI=1S/C12H23N3O5S2/c1-6(16)9(11(18)14-8(5-21)12(19)20)15-10(17)7(13)3-4-22-2/h6-9,16,21H,3-5,13H2,1-2H3,(H,14,18)(H,15,17)(H,19,20)/t6-,7+,8+,9+/m1/s1. The van der Waals surface area contributed by atoms with Crippen LogP contribution in [-0.2, 0) is 14.4 Å². The van der Waals surface area contributed by atoms with Gasteiger partial charge in [-0.2, -0.15) is 24.4 Å². The second-order valence-corrected chi connectivity index (χ2v) is 6.05. The second-order valence-electron chi connectivity index (χ2n) is 4.70. The van der Waals surface area contributed by atoms with Crippen LogP contribution in [0.15, 0.2) is 0 Å². The Hall–Kier alpha value is -0.970. The number of thioether (sulfide) groups is 1. The van der Waals surface area contributed by atoms with Gasteiger partial charge in [0.05, 0.1) is 12.1 Å². The van der Waals surface area contributed by atoms with E-state index in [2.05, 4.69) is 23.3 Å². The first kappa shape index (κ1) is 21.0. The van der Waals surface area contributed by atoms with E-state index in [9.17, 15) is 19.5 Å². The highest BCUT2D eigenvalue weighted by Gasteiger charge is 2.30. The van der Waals surface area contributed by atoms with Crippen molar-refractivity contribution in [2.75, 3.05) is 17.8 Å². The molecule has 22 heavy (non-hydrogen) atoms. The summed E-state index contributed by atoms with van der Waals surface area (Å²) in [7, 11) is 0. The highest BCUT2D eigenvalue weighted by atomic mass is 32.2. The average molecular weight is 353 g/mol. The predicted octanol–water partition coefficient (Wildman–Crippen LogP) is -1.57. The van der Waals surface area contributed by atoms with E-state index in [0.29, 0.717) is 12.2 Å². The van der Waals surface area contributed by atoms with E-state index in [-0.39, 0.29) is 5.75 Å². The lowest BCUT2D eigenvalue weighted by Gasteiger charge is -2.24. The number of aliphatic hydroxyl groups excluding tert-OH is 1. The zero-order valence-corrected chi connectivity index (χ0v) is 14.2. The van der Waals surface area contributed by atoms with Crippen molar-refractivity contribution in [2.45, 2.75) is 37.6 Å². The van der Waals surface area contributed by atoms with Gasteiger partial charge in [-0.25, -0.2) is 4.79 Å². The van der Waals surface area contributed by atoms with E-state index < -0.39 is 42.0 Å². The summed E-state index contributed by atoms with van der Waals surface area (Å²) in [4.78, 5) is 34.8. The number of carbonyl (C=O) groups is 3. The molecule has 0 fully saturated rings. The zero-order chi connectivity index (χ0) is 17.3. The van der Waals surface area contributed by atoms with Gasteiger partial charge in [-0.1, -0.05) is 0 Å². The van der Waals surface area contributed by atoms with Crippen molar-refractivity contribution in [1.29, 1.82) is 0 Å². The molecule has 0 saturated heterocycles. The molecule has 0 aliphatic rings. The predicted molar refractivity (Wildman–Crippen MR) is 88.0 cm³/mol. The third-order valence-corrected chi connectivity index (χ3v) is 3.84. The van der Waals surface area contributed by atoms with Crippen LogP contribution in [0.3, 0.4) is 0 Å². The van der Waals surface area contributed by atoms with Gasteiger partial charge in [0.1, 0.15) is 12.1 Å². The van der Waals surface area contributed by atoms with Crippen LogP contribution in [0.25, 0.3) is 0 Å².